The van der Waals surface area contributed by atoms with Crippen LogP contribution in [0, 0.1) is 23.0 Å². The quantitative estimate of drug-likeness (QED) is 0.659. The Kier molecular flexibility index (Phi) is 6.32. The van der Waals surface area contributed by atoms with Crippen molar-refractivity contribution in [2.24, 2.45) is 5.92 Å². The molecule has 22 heavy (non-hydrogen) atoms. The molecule has 1 aliphatic rings. The number of aryl methyl sites for hydroxylation is 1. The summed E-state index contributed by atoms with van der Waals surface area (Å²) < 4.78 is 0. The number of rotatable bonds is 3. The maximum Gasteiger partial charge on any atom is 0.269 e. The molecule has 0 bridgehead atoms. The minimum atomic E-state index is -0.454. The van der Waals surface area contributed by atoms with E-state index in [-0.39, 0.29) is 36.1 Å². The van der Waals surface area contributed by atoms with E-state index in [1.807, 2.05) is 0 Å². The molecule has 3 unspecified atom stereocenters. The number of carbonyl (C=O) groups is 1. The van der Waals surface area contributed by atoms with Crippen LogP contribution < -0.4 is 10.6 Å². The second-order valence-electron chi connectivity index (χ2n) is 5.76. The summed E-state index contributed by atoms with van der Waals surface area (Å²) in [6, 6.07) is 4.61. The lowest BCUT2D eigenvalue weighted by Gasteiger charge is -2.36. The standard InChI is InChI=1S/C15H21N3O3.ClH/c1-9-6-7-16-11(3)14(9)17-15(19)13-5-4-12(18(20)21)8-10(13)2;/h4-5,8-9,11,14,16H,6-7H2,1-3H3,(H,17,19);1H. The van der Waals surface area contributed by atoms with Crippen LogP contribution in [-0.2, 0) is 0 Å². The van der Waals surface area contributed by atoms with Crippen LogP contribution in [0.25, 0.3) is 0 Å². The van der Waals surface area contributed by atoms with E-state index in [1.165, 1.54) is 18.2 Å². The van der Waals surface area contributed by atoms with Crippen LogP contribution in [0.2, 0.25) is 0 Å². The lowest BCUT2D eigenvalue weighted by atomic mass is 9.89. The van der Waals surface area contributed by atoms with Crippen LogP contribution >= 0.6 is 12.4 Å². The maximum absolute atomic E-state index is 12.4. The maximum atomic E-state index is 12.4. The van der Waals surface area contributed by atoms with Crippen molar-refractivity contribution >= 4 is 24.0 Å². The van der Waals surface area contributed by atoms with Crippen molar-refractivity contribution in [2.75, 3.05) is 6.54 Å². The Morgan fingerprint density at radius 2 is 2.09 bits per heavy atom. The Bertz CT molecular complexity index is 555. The van der Waals surface area contributed by atoms with E-state index in [0.717, 1.165) is 13.0 Å². The molecule has 0 saturated carbocycles. The summed E-state index contributed by atoms with van der Waals surface area (Å²) in [7, 11) is 0. The van der Waals surface area contributed by atoms with Gasteiger partial charge in [0.05, 0.1) is 4.92 Å². The molecular formula is C15H22ClN3O3. The summed E-state index contributed by atoms with van der Waals surface area (Å²) in [4.78, 5) is 22.7. The van der Waals surface area contributed by atoms with Crippen LogP contribution in [0.4, 0.5) is 5.69 Å². The molecule has 3 atom stereocenters. The number of nitro benzene ring substituents is 1. The lowest BCUT2D eigenvalue weighted by molar-refractivity contribution is -0.384. The third kappa shape index (κ3) is 3.96. The Morgan fingerprint density at radius 1 is 1.41 bits per heavy atom. The van der Waals surface area contributed by atoms with E-state index in [0.29, 0.717) is 17.0 Å². The van der Waals surface area contributed by atoms with Gasteiger partial charge in [0.15, 0.2) is 0 Å². The largest absolute Gasteiger partial charge is 0.347 e. The molecule has 0 spiro atoms. The van der Waals surface area contributed by atoms with Crippen LogP contribution in [-0.4, -0.2) is 29.5 Å². The molecule has 7 heteroatoms. The number of nitrogens with zero attached hydrogens (tertiary/aromatic N) is 1. The van der Waals surface area contributed by atoms with Crippen molar-refractivity contribution in [1.29, 1.82) is 0 Å². The summed E-state index contributed by atoms with van der Waals surface area (Å²) in [6.45, 7) is 6.87. The Hall–Kier alpha value is -1.66. The van der Waals surface area contributed by atoms with Gasteiger partial charge >= 0.3 is 0 Å². The van der Waals surface area contributed by atoms with Gasteiger partial charge in [0.1, 0.15) is 0 Å². The number of nitro groups is 1. The first-order valence-corrected chi connectivity index (χ1v) is 7.19. The number of non-ortho nitro benzene ring substituents is 1. The van der Waals surface area contributed by atoms with Gasteiger partial charge in [0, 0.05) is 29.8 Å². The number of hydrogen-bond donors (Lipinski definition) is 2. The van der Waals surface area contributed by atoms with E-state index in [1.54, 1.807) is 6.92 Å². The summed E-state index contributed by atoms with van der Waals surface area (Å²) in [6.07, 6.45) is 1.02. The van der Waals surface area contributed by atoms with E-state index < -0.39 is 4.92 Å². The molecule has 2 rings (SSSR count). The van der Waals surface area contributed by atoms with Gasteiger partial charge in [-0.25, -0.2) is 0 Å². The first-order chi connectivity index (χ1) is 9.90. The molecule has 1 saturated heterocycles. The van der Waals surface area contributed by atoms with Crippen molar-refractivity contribution in [3.8, 4) is 0 Å². The number of halogens is 1. The molecule has 1 heterocycles. The Balaban J connectivity index is 0.00000242. The highest BCUT2D eigenvalue weighted by Gasteiger charge is 2.29. The smallest absolute Gasteiger partial charge is 0.269 e. The predicted molar refractivity (Wildman–Crippen MR) is 87.6 cm³/mol. The molecule has 122 valence electrons. The van der Waals surface area contributed by atoms with Crippen LogP contribution in [0.1, 0.15) is 36.2 Å². The molecule has 0 radical (unpaired) electrons. The molecule has 0 aliphatic carbocycles. The first kappa shape index (κ1) is 18.4. The Labute approximate surface area is 136 Å². The van der Waals surface area contributed by atoms with Crippen LogP contribution in [0.5, 0.6) is 0 Å². The third-order valence-electron chi connectivity index (χ3n) is 4.18. The fourth-order valence-corrected chi connectivity index (χ4v) is 2.85. The van der Waals surface area contributed by atoms with Crippen molar-refractivity contribution in [1.82, 2.24) is 10.6 Å². The summed E-state index contributed by atoms with van der Waals surface area (Å²) in [5.74, 6) is 0.235. The topological polar surface area (TPSA) is 84.3 Å². The van der Waals surface area contributed by atoms with E-state index in [2.05, 4.69) is 24.5 Å². The fourth-order valence-electron chi connectivity index (χ4n) is 2.85. The van der Waals surface area contributed by atoms with Crippen molar-refractivity contribution in [3.05, 3.63) is 39.4 Å². The van der Waals surface area contributed by atoms with Gasteiger partial charge in [-0.3, -0.25) is 14.9 Å². The molecule has 6 nitrogen and oxygen atoms in total. The lowest BCUT2D eigenvalue weighted by Crippen LogP contribution is -2.55. The molecule has 1 aliphatic heterocycles. The van der Waals surface area contributed by atoms with E-state index >= 15 is 0 Å². The first-order valence-electron chi connectivity index (χ1n) is 7.19. The fraction of sp³-hybridized carbons (Fsp3) is 0.533. The van der Waals surface area contributed by atoms with E-state index in [4.69, 9.17) is 0 Å². The third-order valence-corrected chi connectivity index (χ3v) is 4.18. The van der Waals surface area contributed by atoms with Gasteiger partial charge in [-0.2, -0.15) is 0 Å². The summed E-state index contributed by atoms with van der Waals surface area (Å²) in [5, 5.41) is 17.1. The van der Waals surface area contributed by atoms with Gasteiger partial charge in [0.2, 0.25) is 0 Å². The molecule has 1 amide bonds. The van der Waals surface area contributed by atoms with Crippen molar-refractivity contribution in [2.45, 2.75) is 39.3 Å². The molecular weight excluding hydrogens is 306 g/mol. The molecule has 1 aromatic rings. The van der Waals surface area contributed by atoms with Gasteiger partial charge in [-0.1, -0.05) is 6.92 Å². The highest BCUT2D eigenvalue weighted by atomic mass is 35.5. The van der Waals surface area contributed by atoms with Crippen molar-refractivity contribution < 1.29 is 9.72 Å². The number of nitrogens with one attached hydrogen (secondary N) is 2. The molecule has 0 aromatic heterocycles. The normalized spacial score (nSPS) is 24.2. The average molecular weight is 328 g/mol. The number of benzene rings is 1. The summed E-state index contributed by atoms with van der Waals surface area (Å²) >= 11 is 0. The zero-order chi connectivity index (χ0) is 15.6. The average Bonchev–Trinajstić information content (AvgIpc) is 2.42. The predicted octanol–water partition coefficient (Wildman–Crippen LogP) is 2.44. The number of carbonyl (C=O) groups excluding carboxylic acids is 1. The van der Waals surface area contributed by atoms with Gasteiger partial charge in [-0.05, 0) is 44.4 Å². The zero-order valence-corrected chi connectivity index (χ0v) is 13.8. The Morgan fingerprint density at radius 3 is 2.64 bits per heavy atom. The van der Waals surface area contributed by atoms with E-state index in [9.17, 15) is 14.9 Å². The van der Waals surface area contributed by atoms with Crippen LogP contribution in [0.15, 0.2) is 18.2 Å². The number of amides is 1. The highest BCUT2D eigenvalue weighted by Crippen LogP contribution is 2.20. The SMILES string of the molecule is Cc1cc([N+](=O)[O-])ccc1C(=O)NC1C(C)CCNC1C.Cl. The second kappa shape index (κ2) is 7.56. The molecule has 2 N–H and O–H groups in total. The second-order valence-corrected chi connectivity index (χ2v) is 5.76. The monoisotopic (exact) mass is 327 g/mol. The summed E-state index contributed by atoms with van der Waals surface area (Å²) in [5.41, 5.74) is 1.11. The van der Waals surface area contributed by atoms with Gasteiger partial charge in [0.25, 0.3) is 11.6 Å². The molecule has 1 aromatic carbocycles. The number of piperidine rings is 1. The molecule has 1 fully saturated rings. The van der Waals surface area contributed by atoms with Crippen molar-refractivity contribution in [3.63, 3.8) is 0 Å². The van der Waals surface area contributed by atoms with Crippen LogP contribution in [0.3, 0.4) is 0 Å². The highest BCUT2D eigenvalue weighted by molar-refractivity contribution is 5.96. The minimum Gasteiger partial charge on any atom is -0.347 e. The van der Waals surface area contributed by atoms with Gasteiger partial charge < -0.3 is 10.6 Å². The zero-order valence-electron chi connectivity index (χ0n) is 13.0. The number of hydrogen-bond acceptors (Lipinski definition) is 4. The van der Waals surface area contributed by atoms with Gasteiger partial charge in [-0.15, -0.1) is 12.4 Å². The minimum absolute atomic E-state index is 0.